The van der Waals surface area contributed by atoms with Crippen molar-refractivity contribution in [2.24, 2.45) is 0 Å². The Morgan fingerprint density at radius 1 is 1.16 bits per heavy atom. The zero-order chi connectivity index (χ0) is 27.4. The fourth-order valence-corrected chi connectivity index (χ4v) is 4.39. The number of hydrogen-bond donors (Lipinski definition) is 1. The Kier molecular flexibility index (Phi) is 7.72. The Bertz CT molecular complexity index is 1490. The number of hydrogen-bond acceptors (Lipinski definition) is 9. The van der Waals surface area contributed by atoms with Crippen LogP contribution in [0.3, 0.4) is 0 Å². The summed E-state index contributed by atoms with van der Waals surface area (Å²) in [7, 11) is 1.39. The minimum Gasteiger partial charge on any atom is -0.493 e. The molecule has 1 aliphatic rings. The molecule has 0 spiro atoms. The van der Waals surface area contributed by atoms with Crippen LogP contribution in [0.1, 0.15) is 16.7 Å². The van der Waals surface area contributed by atoms with E-state index in [9.17, 15) is 24.5 Å². The third-order valence-electron chi connectivity index (χ3n) is 5.48. The summed E-state index contributed by atoms with van der Waals surface area (Å²) in [5.41, 5.74) is 2.63. The number of rotatable bonds is 8. The molecule has 11 nitrogen and oxygen atoms in total. The summed E-state index contributed by atoms with van der Waals surface area (Å²) < 4.78 is 10.9. The number of imide groups is 1. The number of methoxy groups -OCH3 is 1. The number of aromatic nitrogens is 1. The average Bonchev–Trinajstić information content (AvgIpc) is 3.14. The minimum atomic E-state index is -0.610. The van der Waals surface area contributed by atoms with Crippen LogP contribution >= 0.6 is 11.8 Å². The monoisotopic (exact) mass is 534 g/mol. The van der Waals surface area contributed by atoms with Gasteiger partial charge < -0.3 is 14.8 Å². The van der Waals surface area contributed by atoms with Gasteiger partial charge in [0, 0.05) is 18.0 Å². The molecule has 4 rings (SSSR count). The Morgan fingerprint density at radius 3 is 2.68 bits per heavy atom. The zero-order valence-corrected chi connectivity index (χ0v) is 21.4. The van der Waals surface area contributed by atoms with Crippen molar-refractivity contribution in [1.82, 2.24) is 9.88 Å². The van der Waals surface area contributed by atoms with E-state index in [0.717, 1.165) is 27.8 Å². The molecule has 0 atom stereocenters. The Hall–Kier alpha value is -4.71. The molecule has 0 aliphatic carbocycles. The maximum atomic E-state index is 12.9. The first-order chi connectivity index (χ1) is 18.2. The molecule has 3 aromatic rings. The summed E-state index contributed by atoms with van der Waals surface area (Å²) in [6.45, 7) is 3.32. The average molecular weight is 535 g/mol. The van der Waals surface area contributed by atoms with E-state index in [2.05, 4.69) is 10.3 Å². The van der Waals surface area contributed by atoms with Crippen molar-refractivity contribution in [3.05, 3.63) is 86.4 Å². The van der Waals surface area contributed by atoms with Crippen LogP contribution in [0, 0.1) is 24.0 Å². The molecule has 1 saturated heterocycles. The van der Waals surface area contributed by atoms with Gasteiger partial charge in [-0.25, -0.2) is 4.98 Å². The van der Waals surface area contributed by atoms with E-state index in [4.69, 9.17) is 9.47 Å². The summed E-state index contributed by atoms with van der Waals surface area (Å²) in [6, 6.07) is 12.9. The SMILES string of the molecule is COc1cc(/C=C2\SC(=O)N(CC(=O)Nc3cc(C)ccc3C)C2=O)ccc1Oc1ncccc1[N+](=O)[O-]. The van der Waals surface area contributed by atoms with Gasteiger partial charge in [-0.2, -0.15) is 0 Å². The van der Waals surface area contributed by atoms with Crippen molar-refractivity contribution in [2.75, 3.05) is 19.0 Å². The van der Waals surface area contributed by atoms with E-state index in [0.29, 0.717) is 11.3 Å². The number of carbonyl (C=O) groups excluding carboxylic acids is 3. The highest BCUT2D eigenvalue weighted by atomic mass is 32.2. The number of anilines is 1. The lowest BCUT2D eigenvalue weighted by Crippen LogP contribution is -2.36. The fourth-order valence-electron chi connectivity index (χ4n) is 3.55. The highest BCUT2D eigenvalue weighted by Crippen LogP contribution is 2.37. The van der Waals surface area contributed by atoms with Crippen LogP contribution in [-0.2, 0) is 9.59 Å². The van der Waals surface area contributed by atoms with Crippen LogP contribution in [0.5, 0.6) is 17.4 Å². The summed E-state index contributed by atoms with van der Waals surface area (Å²) in [5, 5.41) is 13.4. The van der Waals surface area contributed by atoms with Gasteiger partial charge in [-0.05, 0) is 72.6 Å². The van der Waals surface area contributed by atoms with Crippen molar-refractivity contribution >= 4 is 46.3 Å². The normalized spacial score (nSPS) is 14.1. The van der Waals surface area contributed by atoms with E-state index in [1.165, 1.54) is 37.6 Å². The maximum Gasteiger partial charge on any atom is 0.331 e. The second kappa shape index (κ2) is 11.1. The predicted molar refractivity (Wildman–Crippen MR) is 141 cm³/mol. The second-order valence-electron chi connectivity index (χ2n) is 8.23. The van der Waals surface area contributed by atoms with Crippen LogP contribution in [0.4, 0.5) is 16.2 Å². The number of carbonyl (C=O) groups is 3. The summed E-state index contributed by atoms with van der Waals surface area (Å²) in [6.07, 6.45) is 2.85. The number of thioether (sulfide) groups is 1. The van der Waals surface area contributed by atoms with E-state index >= 15 is 0 Å². The molecular weight excluding hydrogens is 512 g/mol. The third kappa shape index (κ3) is 5.81. The molecule has 1 fully saturated rings. The molecule has 2 heterocycles. The third-order valence-corrected chi connectivity index (χ3v) is 6.39. The largest absolute Gasteiger partial charge is 0.493 e. The van der Waals surface area contributed by atoms with Gasteiger partial charge in [0.15, 0.2) is 11.5 Å². The van der Waals surface area contributed by atoms with Gasteiger partial charge in [-0.1, -0.05) is 18.2 Å². The molecule has 0 bridgehead atoms. The van der Waals surface area contributed by atoms with Crippen molar-refractivity contribution in [1.29, 1.82) is 0 Å². The molecule has 1 aromatic heterocycles. The van der Waals surface area contributed by atoms with Crippen LogP contribution < -0.4 is 14.8 Å². The molecule has 0 radical (unpaired) electrons. The number of nitrogens with zero attached hydrogens (tertiary/aromatic N) is 3. The minimum absolute atomic E-state index is 0.130. The summed E-state index contributed by atoms with van der Waals surface area (Å²) in [5.74, 6) is -0.897. The smallest absolute Gasteiger partial charge is 0.331 e. The second-order valence-corrected chi connectivity index (χ2v) is 9.22. The molecule has 194 valence electrons. The Labute approximate surface area is 221 Å². The van der Waals surface area contributed by atoms with E-state index in [1.54, 1.807) is 12.1 Å². The Morgan fingerprint density at radius 2 is 1.95 bits per heavy atom. The Balaban J connectivity index is 1.49. The van der Waals surface area contributed by atoms with Gasteiger partial charge in [-0.15, -0.1) is 0 Å². The number of benzene rings is 2. The number of nitro groups is 1. The summed E-state index contributed by atoms with van der Waals surface area (Å²) >= 11 is 0.717. The predicted octanol–water partition coefficient (Wildman–Crippen LogP) is 5.08. The molecule has 0 unspecified atom stereocenters. The maximum absolute atomic E-state index is 12.9. The molecule has 38 heavy (non-hydrogen) atoms. The first kappa shape index (κ1) is 26.4. The van der Waals surface area contributed by atoms with Crippen LogP contribution in [-0.4, -0.2) is 45.5 Å². The molecule has 12 heteroatoms. The molecule has 0 saturated carbocycles. The number of nitrogens with one attached hydrogen (secondary N) is 1. The zero-order valence-electron chi connectivity index (χ0n) is 20.6. The van der Waals surface area contributed by atoms with Gasteiger partial charge in [0.25, 0.3) is 17.0 Å². The van der Waals surface area contributed by atoms with Crippen molar-refractivity contribution in [2.45, 2.75) is 13.8 Å². The molecule has 3 amide bonds. The topological polar surface area (TPSA) is 141 Å². The molecular formula is C26H22N4O7S. The van der Waals surface area contributed by atoms with Crippen LogP contribution in [0.2, 0.25) is 0 Å². The van der Waals surface area contributed by atoms with Crippen LogP contribution in [0.25, 0.3) is 6.08 Å². The molecule has 1 N–H and O–H groups in total. The van der Waals surface area contributed by atoms with Crippen molar-refractivity contribution in [3.8, 4) is 17.4 Å². The molecule has 2 aromatic carbocycles. The first-order valence-electron chi connectivity index (χ1n) is 11.2. The first-order valence-corrected chi connectivity index (χ1v) is 12.1. The number of pyridine rings is 1. The standard InChI is InChI=1S/C26H22N4O7S/c1-15-6-7-16(2)18(11-15)28-23(31)14-29-25(32)22(38-26(29)33)13-17-8-9-20(21(12-17)36-3)37-24-19(30(34)35)5-4-10-27-24/h4-13H,14H2,1-3H3,(H,28,31)/b22-13-. The van der Waals surface area contributed by atoms with E-state index in [-0.39, 0.29) is 28.0 Å². The van der Waals surface area contributed by atoms with Crippen molar-refractivity contribution in [3.63, 3.8) is 0 Å². The number of amides is 3. The highest BCUT2D eigenvalue weighted by Gasteiger charge is 2.36. The number of aryl methyl sites for hydroxylation is 2. The highest BCUT2D eigenvalue weighted by molar-refractivity contribution is 8.18. The lowest BCUT2D eigenvalue weighted by molar-refractivity contribution is -0.386. The van der Waals surface area contributed by atoms with Gasteiger partial charge in [-0.3, -0.25) is 29.4 Å². The molecule has 1 aliphatic heterocycles. The van der Waals surface area contributed by atoms with Crippen molar-refractivity contribution < 1.29 is 28.8 Å². The van der Waals surface area contributed by atoms with E-state index in [1.807, 2.05) is 32.0 Å². The summed E-state index contributed by atoms with van der Waals surface area (Å²) in [4.78, 5) is 53.5. The van der Waals surface area contributed by atoms with E-state index < -0.39 is 28.5 Å². The van der Waals surface area contributed by atoms with Crippen LogP contribution in [0.15, 0.2) is 59.6 Å². The van der Waals surface area contributed by atoms with Gasteiger partial charge in [0.1, 0.15) is 6.54 Å². The van der Waals surface area contributed by atoms with Gasteiger partial charge in [0.2, 0.25) is 5.91 Å². The fraction of sp³-hybridized carbons (Fsp3) is 0.154. The number of ether oxygens (including phenoxy) is 2. The van der Waals surface area contributed by atoms with Gasteiger partial charge in [0.05, 0.1) is 16.9 Å². The quantitative estimate of drug-likeness (QED) is 0.238. The lowest BCUT2D eigenvalue weighted by atomic mass is 10.1. The van der Waals surface area contributed by atoms with Gasteiger partial charge >= 0.3 is 5.69 Å². The lowest BCUT2D eigenvalue weighted by Gasteiger charge is -2.14.